The monoisotopic (exact) mass is 147 g/mol. The summed E-state index contributed by atoms with van der Waals surface area (Å²) in [6.45, 7) is 2.38. The summed E-state index contributed by atoms with van der Waals surface area (Å²) in [6, 6.07) is 0. The van der Waals surface area contributed by atoms with E-state index >= 15 is 0 Å². The SMILES string of the molecule is OCC(S)N1CCCC1. The van der Waals surface area contributed by atoms with E-state index in [-0.39, 0.29) is 12.0 Å². The number of hydrogen-bond acceptors (Lipinski definition) is 3. The summed E-state index contributed by atoms with van der Waals surface area (Å²) in [5.41, 5.74) is 0. The second kappa shape index (κ2) is 3.44. The van der Waals surface area contributed by atoms with Crippen molar-refractivity contribution in [3.63, 3.8) is 0 Å². The third-order valence-electron chi connectivity index (χ3n) is 1.73. The van der Waals surface area contributed by atoms with Crippen LogP contribution in [0.3, 0.4) is 0 Å². The average Bonchev–Trinajstić information content (AvgIpc) is 2.37. The first-order valence-electron chi connectivity index (χ1n) is 3.37. The van der Waals surface area contributed by atoms with Gasteiger partial charge in [0, 0.05) is 0 Å². The van der Waals surface area contributed by atoms with Gasteiger partial charge in [0.1, 0.15) is 0 Å². The highest BCUT2D eigenvalue weighted by atomic mass is 32.1. The quantitative estimate of drug-likeness (QED) is 0.550. The molecule has 1 fully saturated rings. The third-order valence-corrected chi connectivity index (χ3v) is 2.22. The first-order chi connectivity index (χ1) is 4.34. The smallest absolute Gasteiger partial charge is 0.0762 e. The topological polar surface area (TPSA) is 23.5 Å². The molecule has 0 aromatic heterocycles. The Balaban J connectivity index is 2.24. The highest BCUT2D eigenvalue weighted by Gasteiger charge is 2.16. The molecule has 1 saturated heterocycles. The molecule has 1 unspecified atom stereocenters. The maximum Gasteiger partial charge on any atom is 0.0762 e. The van der Waals surface area contributed by atoms with Crippen molar-refractivity contribution in [1.82, 2.24) is 4.90 Å². The molecular formula is C6H13NOS. The van der Waals surface area contributed by atoms with Crippen LogP contribution in [0.2, 0.25) is 0 Å². The average molecular weight is 147 g/mol. The minimum absolute atomic E-state index is 0.0764. The molecule has 1 aliphatic heterocycles. The second-order valence-electron chi connectivity index (χ2n) is 2.41. The van der Waals surface area contributed by atoms with Crippen molar-refractivity contribution in [3.8, 4) is 0 Å². The summed E-state index contributed by atoms with van der Waals surface area (Å²) in [7, 11) is 0. The molecule has 1 N–H and O–H groups in total. The molecule has 1 atom stereocenters. The highest BCUT2D eigenvalue weighted by Crippen LogP contribution is 2.12. The van der Waals surface area contributed by atoms with E-state index in [4.69, 9.17) is 5.11 Å². The third kappa shape index (κ3) is 1.85. The van der Waals surface area contributed by atoms with E-state index in [1.807, 2.05) is 0 Å². The van der Waals surface area contributed by atoms with E-state index in [0.29, 0.717) is 0 Å². The molecule has 54 valence electrons. The van der Waals surface area contributed by atoms with Crippen LogP contribution in [0.25, 0.3) is 0 Å². The molecule has 0 bridgehead atoms. The van der Waals surface area contributed by atoms with Gasteiger partial charge in [0.2, 0.25) is 0 Å². The molecule has 0 aromatic carbocycles. The van der Waals surface area contributed by atoms with Gasteiger partial charge < -0.3 is 5.11 Å². The van der Waals surface area contributed by atoms with Crippen molar-refractivity contribution in [3.05, 3.63) is 0 Å². The van der Waals surface area contributed by atoms with Crippen LogP contribution < -0.4 is 0 Å². The fourth-order valence-corrected chi connectivity index (χ4v) is 1.39. The van der Waals surface area contributed by atoms with Gasteiger partial charge in [0.05, 0.1) is 12.0 Å². The molecule has 2 nitrogen and oxygen atoms in total. The molecule has 1 rings (SSSR count). The molecule has 0 saturated carbocycles. The highest BCUT2D eigenvalue weighted by molar-refractivity contribution is 7.80. The van der Waals surface area contributed by atoms with Crippen LogP contribution >= 0.6 is 12.6 Å². The van der Waals surface area contributed by atoms with Crippen molar-refractivity contribution in [2.24, 2.45) is 0 Å². The summed E-state index contributed by atoms with van der Waals surface area (Å²) in [4.78, 5) is 2.20. The molecule has 0 aliphatic carbocycles. The standard InChI is InChI=1S/C6H13NOS/c8-5-6(9)7-3-1-2-4-7/h6,8-9H,1-5H2. The fraction of sp³-hybridized carbons (Fsp3) is 1.00. The van der Waals surface area contributed by atoms with Gasteiger partial charge in [-0.05, 0) is 25.9 Å². The summed E-state index contributed by atoms with van der Waals surface area (Å²) in [6.07, 6.45) is 2.52. The van der Waals surface area contributed by atoms with Gasteiger partial charge in [-0.25, -0.2) is 0 Å². The molecule has 0 amide bonds. The summed E-state index contributed by atoms with van der Waals surface area (Å²) in [5, 5.41) is 8.75. The van der Waals surface area contributed by atoms with Crippen molar-refractivity contribution in [2.45, 2.75) is 18.2 Å². The van der Waals surface area contributed by atoms with Crippen molar-refractivity contribution >= 4 is 12.6 Å². The molecular weight excluding hydrogens is 134 g/mol. The molecule has 1 aliphatic rings. The summed E-state index contributed by atoms with van der Waals surface area (Å²) < 4.78 is 0. The number of nitrogens with zero attached hydrogens (tertiary/aromatic N) is 1. The summed E-state index contributed by atoms with van der Waals surface area (Å²) in [5.74, 6) is 0. The number of thiol groups is 1. The van der Waals surface area contributed by atoms with Crippen molar-refractivity contribution in [1.29, 1.82) is 0 Å². The zero-order valence-electron chi connectivity index (χ0n) is 5.45. The van der Waals surface area contributed by atoms with E-state index in [1.165, 1.54) is 12.8 Å². The number of aliphatic hydroxyl groups is 1. The molecule has 9 heavy (non-hydrogen) atoms. The van der Waals surface area contributed by atoms with Gasteiger partial charge >= 0.3 is 0 Å². The van der Waals surface area contributed by atoms with E-state index in [1.54, 1.807) is 0 Å². The summed E-state index contributed by atoms with van der Waals surface area (Å²) >= 11 is 4.20. The molecule has 3 heteroatoms. The number of hydrogen-bond donors (Lipinski definition) is 2. The Bertz CT molecular complexity index is 83.1. The Labute approximate surface area is 61.3 Å². The van der Waals surface area contributed by atoms with Crippen LogP contribution in [0.5, 0.6) is 0 Å². The van der Waals surface area contributed by atoms with Crippen LogP contribution in [-0.2, 0) is 0 Å². The maximum atomic E-state index is 8.68. The number of aliphatic hydroxyl groups excluding tert-OH is 1. The van der Waals surface area contributed by atoms with Gasteiger partial charge in [0.25, 0.3) is 0 Å². The van der Waals surface area contributed by atoms with Gasteiger partial charge in [-0.15, -0.1) is 0 Å². The zero-order valence-corrected chi connectivity index (χ0v) is 6.35. The Hall–Kier alpha value is 0.270. The maximum absolute atomic E-state index is 8.68. The minimum atomic E-state index is 0.0764. The number of likely N-dealkylation sites (tertiary alicyclic amines) is 1. The van der Waals surface area contributed by atoms with Gasteiger partial charge in [-0.2, -0.15) is 12.6 Å². The minimum Gasteiger partial charge on any atom is -0.394 e. The zero-order chi connectivity index (χ0) is 6.69. The van der Waals surface area contributed by atoms with Crippen molar-refractivity contribution in [2.75, 3.05) is 19.7 Å². The van der Waals surface area contributed by atoms with Crippen molar-refractivity contribution < 1.29 is 5.11 Å². The van der Waals surface area contributed by atoms with E-state index in [0.717, 1.165) is 13.1 Å². The molecule has 0 spiro atoms. The lowest BCUT2D eigenvalue weighted by Crippen LogP contribution is -2.30. The molecule has 1 heterocycles. The number of rotatable bonds is 2. The van der Waals surface area contributed by atoms with Crippen LogP contribution in [0.15, 0.2) is 0 Å². The fourth-order valence-electron chi connectivity index (χ4n) is 1.16. The van der Waals surface area contributed by atoms with E-state index in [9.17, 15) is 0 Å². The molecule has 0 radical (unpaired) electrons. The first-order valence-corrected chi connectivity index (χ1v) is 3.89. The Morgan fingerprint density at radius 1 is 1.44 bits per heavy atom. The van der Waals surface area contributed by atoms with Crippen LogP contribution in [0, 0.1) is 0 Å². The van der Waals surface area contributed by atoms with E-state index < -0.39 is 0 Å². The largest absolute Gasteiger partial charge is 0.394 e. The first kappa shape index (κ1) is 7.38. The lowest BCUT2D eigenvalue weighted by Gasteiger charge is -2.19. The van der Waals surface area contributed by atoms with E-state index in [2.05, 4.69) is 17.5 Å². The van der Waals surface area contributed by atoms with Gasteiger partial charge in [-0.1, -0.05) is 0 Å². The predicted molar refractivity (Wildman–Crippen MR) is 40.7 cm³/mol. The lowest BCUT2D eigenvalue weighted by molar-refractivity contribution is 0.202. The Morgan fingerprint density at radius 3 is 2.44 bits per heavy atom. The van der Waals surface area contributed by atoms with Gasteiger partial charge in [0.15, 0.2) is 0 Å². The predicted octanol–water partition coefficient (Wildman–Crippen LogP) is 0.330. The van der Waals surface area contributed by atoms with Gasteiger partial charge in [-0.3, -0.25) is 4.90 Å². The van der Waals surface area contributed by atoms with Crippen LogP contribution in [0.1, 0.15) is 12.8 Å². The Morgan fingerprint density at radius 2 is 2.00 bits per heavy atom. The van der Waals surface area contributed by atoms with Crippen LogP contribution in [0.4, 0.5) is 0 Å². The molecule has 0 aromatic rings. The lowest BCUT2D eigenvalue weighted by atomic mass is 10.4. The normalized spacial score (nSPS) is 24.7. The Kier molecular flexibility index (Phi) is 2.82. The van der Waals surface area contributed by atoms with Crippen LogP contribution in [-0.4, -0.2) is 35.1 Å². The second-order valence-corrected chi connectivity index (χ2v) is 3.00.